The number of ether oxygens (including phenoxy) is 2. The molecule has 5 nitrogen and oxygen atoms in total. The largest absolute Gasteiger partial charge is 0.462 e. The molecule has 1 aliphatic rings. The number of unbranched alkanes of at least 4 members (excludes halogenated alkanes) is 2. The summed E-state index contributed by atoms with van der Waals surface area (Å²) < 4.78 is 12.8. The molecule has 3 atom stereocenters. The number of hydrogen-bond donors (Lipinski definition) is 0. The Labute approximate surface area is 174 Å². The highest BCUT2D eigenvalue weighted by atomic mass is 16.6. The fourth-order valence-corrected chi connectivity index (χ4v) is 3.94. The maximum absolute atomic E-state index is 13.1. The lowest BCUT2D eigenvalue weighted by atomic mass is 9.81. The number of esters is 1. The van der Waals surface area contributed by atoms with E-state index in [9.17, 15) is 9.59 Å². The Kier molecular flexibility index (Phi) is 7.88. The lowest BCUT2D eigenvalue weighted by molar-refractivity contribution is -0.158. The van der Waals surface area contributed by atoms with Crippen LogP contribution in [0.15, 0.2) is 37.4 Å². The van der Waals surface area contributed by atoms with Gasteiger partial charge in [0.2, 0.25) is 0 Å². The summed E-state index contributed by atoms with van der Waals surface area (Å²) in [5, 5.41) is 0. The summed E-state index contributed by atoms with van der Waals surface area (Å²) in [5.74, 6) is -0.733. The first kappa shape index (κ1) is 23.0. The van der Waals surface area contributed by atoms with E-state index in [0.717, 1.165) is 37.8 Å². The molecule has 1 saturated heterocycles. The van der Waals surface area contributed by atoms with E-state index in [1.165, 1.54) is 0 Å². The standard InChI is InChI=1S/C24H35NO4/c1-7-9-10-11-13-19-14-15-20(25(19)23(27)29-24(4,5)6)21-18(12-8-2)16-17(3)28-22(21)26/h7-8,14-15,17-18,21H,1-2,9-13,16H2,3-6H3/t17-,18-,21+/m0/s1. The van der Waals surface area contributed by atoms with Crippen molar-refractivity contribution in [1.29, 1.82) is 0 Å². The Morgan fingerprint density at radius 3 is 2.62 bits per heavy atom. The van der Waals surface area contributed by atoms with Gasteiger partial charge in [-0.3, -0.25) is 9.36 Å². The van der Waals surface area contributed by atoms with Crippen LogP contribution in [0, 0.1) is 5.92 Å². The molecule has 0 N–H and O–H groups in total. The minimum absolute atomic E-state index is 0.0495. The molecule has 1 aromatic rings. The molecule has 0 unspecified atom stereocenters. The molecule has 1 fully saturated rings. The second-order valence-corrected chi connectivity index (χ2v) is 8.85. The topological polar surface area (TPSA) is 57.5 Å². The zero-order valence-corrected chi connectivity index (χ0v) is 18.3. The van der Waals surface area contributed by atoms with Crippen molar-refractivity contribution in [2.75, 3.05) is 0 Å². The van der Waals surface area contributed by atoms with Gasteiger partial charge in [0.1, 0.15) is 11.5 Å². The van der Waals surface area contributed by atoms with Crippen molar-refractivity contribution in [1.82, 2.24) is 4.57 Å². The van der Waals surface area contributed by atoms with Gasteiger partial charge in [-0.1, -0.05) is 12.2 Å². The van der Waals surface area contributed by atoms with Crippen molar-refractivity contribution in [2.24, 2.45) is 5.92 Å². The lowest BCUT2D eigenvalue weighted by Gasteiger charge is -2.34. The maximum Gasteiger partial charge on any atom is 0.418 e. The van der Waals surface area contributed by atoms with Crippen LogP contribution < -0.4 is 0 Å². The van der Waals surface area contributed by atoms with E-state index >= 15 is 0 Å². The predicted molar refractivity (Wildman–Crippen MR) is 115 cm³/mol. The summed E-state index contributed by atoms with van der Waals surface area (Å²) in [6.07, 6.45) is 8.20. The molecule has 1 aliphatic heterocycles. The monoisotopic (exact) mass is 401 g/mol. The zero-order chi connectivity index (χ0) is 21.6. The van der Waals surface area contributed by atoms with E-state index in [1.807, 2.05) is 52.0 Å². The van der Waals surface area contributed by atoms with E-state index < -0.39 is 17.6 Å². The van der Waals surface area contributed by atoms with Crippen LogP contribution >= 0.6 is 0 Å². The highest BCUT2D eigenvalue weighted by Gasteiger charge is 2.40. The van der Waals surface area contributed by atoms with Crippen LogP contribution in [-0.4, -0.2) is 28.3 Å². The number of aryl methyl sites for hydroxylation is 1. The van der Waals surface area contributed by atoms with Gasteiger partial charge in [0.25, 0.3) is 0 Å². The SMILES string of the molecule is C=CCCCCc1ccc([C@@H]2C(=O)O[C@@H](C)C[C@@H]2CC=C)n1C(=O)OC(C)(C)C. The molecule has 0 radical (unpaired) electrons. The molecule has 2 rings (SSSR count). The van der Waals surface area contributed by atoms with Gasteiger partial charge in [0.05, 0.1) is 6.10 Å². The van der Waals surface area contributed by atoms with Gasteiger partial charge in [0, 0.05) is 11.4 Å². The zero-order valence-electron chi connectivity index (χ0n) is 18.3. The first-order valence-electron chi connectivity index (χ1n) is 10.5. The van der Waals surface area contributed by atoms with Crippen LogP contribution in [0.25, 0.3) is 0 Å². The third-order valence-corrected chi connectivity index (χ3v) is 5.12. The highest BCUT2D eigenvalue weighted by Crippen LogP contribution is 2.38. The Morgan fingerprint density at radius 1 is 1.28 bits per heavy atom. The van der Waals surface area contributed by atoms with Crippen LogP contribution in [0.2, 0.25) is 0 Å². The number of carbonyl (C=O) groups is 2. The second-order valence-electron chi connectivity index (χ2n) is 8.85. The Balaban J connectivity index is 2.42. The Bertz CT molecular complexity index is 741. The third kappa shape index (κ3) is 6.09. The normalized spacial score (nSPS) is 22.1. The maximum atomic E-state index is 13.1. The molecule has 0 aliphatic carbocycles. The van der Waals surface area contributed by atoms with Gasteiger partial charge in [-0.25, -0.2) is 4.79 Å². The quantitative estimate of drug-likeness (QED) is 0.315. The van der Waals surface area contributed by atoms with Gasteiger partial charge in [-0.2, -0.15) is 0 Å². The van der Waals surface area contributed by atoms with Gasteiger partial charge in [0.15, 0.2) is 0 Å². The molecule has 0 spiro atoms. The van der Waals surface area contributed by atoms with E-state index in [1.54, 1.807) is 4.57 Å². The fourth-order valence-electron chi connectivity index (χ4n) is 3.94. The number of rotatable bonds is 8. The molecule has 1 aromatic heterocycles. The molecular formula is C24H35NO4. The number of aromatic nitrogens is 1. The number of cyclic esters (lactones) is 1. The number of hydrogen-bond acceptors (Lipinski definition) is 4. The third-order valence-electron chi connectivity index (χ3n) is 5.12. The van der Waals surface area contributed by atoms with Gasteiger partial charge in [-0.15, -0.1) is 13.2 Å². The minimum Gasteiger partial charge on any atom is -0.462 e. The average molecular weight is 402 g/mol. The average Bonchev–Trinajstić information content (AvgIpc) is 3.00. The molecular weight excluding hydrogens is 366 g/mol. The Hall–Kier alpha value is -2.30. The molecule has 0 aromatic carbocycles. The van der Waals surface area contributed by atoms with Crippen molar-refractivity contribution < 1.29 is 19.1 Å². The lowest BCUT2D eigenvalue weighted by Crippen LogP contribution is -2.38. The smallest absolute Gasteiger partial charge is 0.418 e. The van der Waals surface area contributed by atoms with Crippen LogP contribution in [0.4, 0.5) is 4.79 Å². The summed E-state index contributed by atoms with van der Waals surface area (Å²) in [5.41, 5.74) is 0.893. The van der Waals surface area contributed by atoms with Crippen molar-refractivity contribution >= 4 is 12.1 Å². The highest BCUT2D eigenvalue weighted by molar-refractivity contribution is 5.82. The van der Waals surface area contributed by atoms with Crippen molar-refractivity contribution in [3.8, 4) is 0 Å². The first-order valence-corrected chi connectivity index (χ1v) is 10.5. The molecule has 0 bridgehead atoms. The van der Waals surface area contributed by atoms with Gasteiger partial charge in [-0.05, 0) is 84.3 Å². The number of allylic oxidation sites excluding steroid dienone is 2. The molecule has 160 valence electrons. The van der Waals surface area contributed by atoms with E-state index in [4.69, 9.17) is 9.47 Å². The summed E-state index contributed by atoms with van der Waals surface area (Å²) in [6.45, 7) is 15.0. The second kappa shape index (κ2) is 9.95. The number of carbonyl (C=O) groups excluding carboxylic acids is 2. The van der Waals surface area contributed by atoms with Crippen molar-refractivity contribution in [3.05, 3.63) is 48.8 Å². The van der Waals surface area contributed by atoms with Crippen molar-refractivity contribution in [3.63, 3.8) is 0 Å². The molecule has 0 amide bonds. The van der Waals surface area contributed by atoms with E-state index in [-0.39, 0.29) is 18.0 Å². The molecule has 2 heterocycles. The Morgan fingerprint density at radius 2 is 2.00 bits per heavy atom. The van der Waals surface area contributed by atoms with Crippen molar-refractivity contribution in [2.45, 2.75) is 83.8 Å². The fraction of sp³-hybridized carbons (Fsp3) is 0.583. The summed E-state index contributed by atoms with van der Waals surface area (Å²) in [4.78, 5) is 25.9. The minimum atomic E-state index is -0.624. The van der Waals surface area contributed by atoms with Crippen LogP contribution in [-0.2, 0) is 20.7 Å². The predicted octanol–water partition coefficient (Wildman–Crippen LogP) is 5.78. The molecule has 0 saturated carbocycles. The summed E-state index contributed by atoms with van der Waals surface area (Å²) in [7, 11) is 0. The summed E-state index contributed by atoms with van der Waals surface area (Å²) in [6, 6.07) is 3.81. The van der Waals surface area contributed by atoms with Gasteiger partial charge >= 0.3 is 12.1 Å². The summed E-state index contributed by atoms with van der Waals surface area (Å²) >= 11 is 0. The van der Waals surface area contributed by atoms with Crippen LogP contribution in [0.3, 0.4) is 0 Å². The van der Waals surface area contributed by atoms with Crippen LogP contribution in [0.5, 0.6) is 0 Å². The van der Waals surface area contributed by atoms with E-state index in [0.29, 0.717) is 12.1 Å². The van der Waals surface area contributed by atoms with E-state index in [2.05, 4.69) is 13.2 Å². The van der Waals surface area contributed by atoms with Gasteiger partial charge < -0.3 is 9.47 Å². The molecule has 5 heteroatoms. The van der Waals surface area contributed by atoms with Crippen LogP contribution in [0.1, 0.15) is 77.1 Å². The first-order chi connectivity index (χ1) is 13.7. The molecule has 29 heavy (non-hydrogen) atoms. The number of nitrogens with zero attached hydrogens (tertiary/aromatic N) is 1.